The van der Waals surface area contributed by atoms with Crippen molar-refractivity contribution in [3.63, 3.8) is 0 Å². The predicted octanol–water partition coefficient (Wildman–Crippen LogP) is 4.90. The Morgan fingerprint density at radius 2 is 2.00 bits per heavy atom. The van der Waals surface area contributed by atoms with Gasteiger partial charge in [0.1, 0.15) is 0 Å². The summed E-state index contributed by atoms with van der Waals surface area (Å²) in [5.41, 5.74) is 1.67. The summed E-state index contributed by atoms with van der Waals surface area (Å²) in [5.74, 6) is 4.30. The summed E-state index contributed by atoms with van der Waals surface area (Å²) < 4.78 is 1.02. The number of hydrogen-bond donors (Lipinski definition) is 1. The number of nitrogens with one attached hydrogen (secondary N) is 1. The minimum Gasteiger partial charge on any atom is -0.268 e. The van der Waals surface area contributed by atoms with E-state index in [1.54, 1.807) is 6.07 Å². The Hall–Kier alpha value is -1.69. The highest BCUT2D eigenvalue weighted by molar-refractivity contribution is 9.10. The predicted molar refractivity (Wildman–Crippen MR) is 105 cm³/mol. The average Bonchev–Trinajstić information content (AvgIpc) is 2.58. The van der Waals surface area contributed by atoms with Crippen LogP contribution in [0.4, 0.5) is 0 Å². The summed E-state index contributed by atoms with van der Waals surface area (Å²) in [6, 6.07) is 17.2. The topological polar surface area (TPSA) is 45.8 Å². The van der Waals surface area contributed by atoms with Crippen molar-refractivity contribution in [3.8, 4) is 0 Å². The summed E-state index contributed by atoms with van der Waals surface area (Å²) >= 11 is 9.89. The highest BCUT2D eigenvalue weighted by Crippen LogP contribution is 2.39. The van der Waals surface area contributed by atoms with Gasteiger partial charge in [-0.1, -0.05) is 45.5 Å². The van der Waals surface area contributed by atoms with Crippen LogP contribution in [0.3, 0.4) is 0 Å². The summed E-state index contributed by atoms with van der Waals surface area (Å²) in [5, 5.41) is 7.20. The number of nitrogens with zero attached hydrogens (tertiary/aromatic N) is 1. The number of benzene rings is 2. The first-order chi connectivity index (χ1) is 11.5. The molecule has 1 heterocycles. The zero-order chi connectivity index (χ0) is 17.1. The molecule has 6 heteroatoms. The molecule has 3 aromatic rings. The van der Waals surface area contributed by atoms with Gasteiger partial charge < -0.3 is 0 Å². The summed E-state index contributed by atoms with van der Waals surface area (Å²) in [6.07, 6.45) is 0.622. The normalized spacial score (nSPS) is 12.1. The molecule has 1 atom stereocenters. The van der Waals surface area contributed by atoms with Gasteiger partial charge in [0.15, 0.2) is 0 Å². The van der Waals surface area contributed by atoms with Crippen molar-refractivity contribution < 1.29 is 0 Å². The Bertz CT molecular complexity index is 951. The van der Waals surface area contributed by atoms with Crippen LogP contribution >= 0.6 is 38.0 Å². The maximum absolute atomic E-state index is 11.1. The largest absolute Gasteiger partial charge is 0.268 e. The fraction of sp³-hybridized carbons (Fsp3) is 0.0556. The Balaban J connectivity index is 1.92. The molecule has 2 aromatic carbocycles. The Morgan fingerprint density at radius 1 is 1.17 bits per heavy atom. The van der Waals surface area contributed by atoms with E-state index in [0.29, 0.717) is 11.4 Å². The molecule has 24 heavy (non-hydrogen) atoms. The first-order valence-corrected chi connectivity index (χ1v) is 9.72. The van der Waals surface area contributed by atoms with Gasteiger partial charge in [0.05, 0.1) is 10.7 Å². The van der Waals surface area contributed by atoms with Gasteiger partial charge in [0.25, 0.3) is 5.56 Å². The van der Waals surface area contributed by atoms with Crippen LogP contribution in [-0.4, -0.2) is 16.1 Å². The van der Waals surface area contributed by atoms with Crippen molar-refractivity contribution in [2.45, 2.75) is 16.2 Å². The van der Waals surface area contributed by atoms with E-state index >= 15 is 0 Å². The molecule has 1 aromatic heterocycles. The molecular formula is C18H14BrClN2OS. The minimum atomic E-state index is -0.381. The van der Waals surface area contributed by atoms with E-state index in [4.69, 9.17) is 11.6 Å². The lowest BCUT2D eigenvalue weighted by Crippen LogP contribution is -2.07. The van der Waals surface area contributed by atoms with Crippen molar-refractivity contribution >= 4 is 43.9 Å². The van der Waals surface area contributed by atoms with Gasteiger partial charge in [-0.3, -0.25) is 4.79 Å². The van der Waals surface area contributed by atoms with Crippen LogP contribution in [0.25, 0.3) is 0 Å². The molecule has 0 bridgehead atoms. The smallest absolute Gasteiger partial charge is 0.264 e. The maximum atomic E-state index is 11.1. The molecule has 1 unspecified atom stereocenters. The second-order valence-electron chi connectivity index (χ2n) is 5.20. The second kappa shape index (κ2) is 7.47. The van der Waals surface area contributed by atoms with Crippen LogP contribution in [0, 0.1) is 0 Å². The van der Waals surface area contributed by atoms with Crippen LogP contribution in [0.2, 0.25) is 5.02 Å². The molecular weight excluding hydrogens is 408 g/mol. The van der Waals surface area contributed by atoms with Gasteiger partial charge >= 0.3 is 0 Å². The van der Waals surface area contributed by atoms with Crippen LogP contribution < -0.4 is 5.56 Å². The monoisotopic (exact) mass is 420 g/mol. The molecule has 0 spiro atoms. The molecule has 1 N–H and O–H groups in total. The van der Waals surface area contributed by atoms with E-state index in [1.807, 2.05) is 30.3 Å². The van der Waals surface area contributed by atoms with Gasteiger partial charge in [0.2, 0.25) is 0 Å². The van der Waals surface area contributed by atoms with Crippen LogP contribution in [0.1, 0.15) is 11.3 Å². The molecule has 0 fully saturated rings. The fourth-order valence-electron chi connectivity index (χ4n) is 2.27. The zero-order valence-electron chi connectivity index (χ0n) is 12.6. The van der Waals surface area contributed by atoms with Gasteiger partial charge in [-0.15, -0.1) is 10.5 Å². The van der Waals surface area contributed by atoms with E-state index in [9.17, 15) is 4.79 Å². The summed E-state index contributed by atoms with van der Waals surface area (Å²) in [6.45, 7) is 0. The molecule has 0 aliphatic heterocycles. The standard InChI is InChI=1S/C18H14BrClN2OS/c1-24(15-4-2-3-13(19)11-15)17-10-12(5-7-16(17)20)9-14-6-8-18(23)22-21-14/h2-8,10-11H,1,9H2,(H,22,23). The van der Waals surface area contributed by atoms with Crippen molar-refractivity contribution in [1.29, 1.82) is 0 Å². The van der Waals surface area contributed by atoms with Gasteiger partial charge in [-0.25, -0.2) is 5.10 Å². The van der Waals surface area contributed by atoms with Gasteiger partial charge in [-0.2, -0.15) is 5.10 Å². The van der Waals surface area contributed by atoms with E-state index in [-0.39, 0.29) is 16.0 Å². The Labute approximate surface area is 155 Å². The molecule has 3 nitrogen and oxygen atoms in total. The first-order valence-electron chi connectivity index (χ1n) is 7.15. The van der Waals surface area contributed by atoms with Gasteiger partial charge in [-0.05, 0) is 42.0 Å². The highest BCUT2D eigenvalue weighted by atomic mass is 79.9. The average molecular weight is 422 g/mol. The lowest BCUT2D eigenvalue weighted by atomic mass is 10.1. The highest BCUT2D eigenvalue weighted by Gasteiger charge is 2.09. The lowest BCUT2D eigenvalue weighted by Gasteiger charge is -2.12. The van der Waals surface area contributed by atoms with Crippen LogP contribution in [0.15, 0.2) is 73.7 Å². The second-order valence-corrected chi connectivity index (χ2v) is 8.22. The van der Waals surface area contributed by atoms with E-state index in [1.165, 1.54) is 6.07 Å². The molecule has 0 amide bonds. The molecule has 122 valence electrons. The molecule has 0 aliphatic carbocycles. The number of halogens is 2. The van der Waals surface area contributed by atoms with Crippen molar-refractivity contribution in [3.05, 3.63) is 85.7 Å². The Morgan fingerprint density at radius 3 is 2.71 bits per heavy atom. The zero-order valence-corrected chi connectivity index (χ0v) is 15.8. The van der Waals surface area contributed by atoms with E-state index < -0.39 is 0 Å². The number of H-pyrrole nitrogens is 1. The molecule has 0 radical (unpaired) electrons. The number of aromatic amines is 1. The third-order valence-corrected chi connectivity index (χ3v) is 6.09. The summed E-state index contributed by atoms with van der Waals surface area (Å²) in [7, 11) is -0.381. The quantitative estimate of drug-likeness (QED) is 0.609. The third-order valence-electron chi connectivity index (χ3n) is 3.46. The maximum Gasteiger partial charge on any atom is 0.264 e. The van der Waals surface area contributed by atoms with Crippen LogP contribution in [0.5, 0.6) is 0 Å². The molecule has 0 saturated heterocycles. The number of rotatable bonds is 4. The Kier molecular flexibility index (Phi) is 5.33. The van der Waals surface area contributed by atoms with Gasteiger partial charge in [0, 0.05) is 26.8 Å². The SMILES string of the molecule is C=S(c1cccc(Br)c1)c1cc(Cc2ccc(=O)[nH]n2)ccc1Cl. The van der Waals surface area contributed by atoms with E-state index in [0.717, 1.165) is 25.5 Å². The number of hydrogen-bond acceptors (Lipinski definition) is 2. The molecule has 0 aliphatic rings. The first kappa shape index (κ1) is 17.1. The minimum absolute atomic E-state index is 0.204. The molecule has 0 saturated carbocycles. The third kappa shape index (κ3) is 4.04. The van der Waals surface area contributed by atoms with Crippen LogP contribution in [-0.2, 0) is 6.42 Å². The van der Waals surface area contributed by atoms with E-state index in [2.05, 4.69) is 44.1 Å². The fourth-order valence-corrected chi connectivity index (χ4v) is 4.59. The number of aromatic nitrogens is 2. The molecule has 3 rings (SSSR count). The van der Waals surface area contributed by atoms with Crippen molar-refractivity contribution in [2.75, 3.05) is 0 Å². The lowest BCUT2D eigenvalue weighted by molar-refractivity contribution is 0.909. The van der Waals surface area contributed by atoms with Crippen molar-refractivity contribution in [2.24, 2.45) is 0 Å². The van der Waals surface area contributed by atoms with Crippen molar-refractivity contribution in [1.82, 2.24) is 10.2 Å². The summed E-state index contributed by atoms with van der Waals surface area (Å²) in [4.78, 5) is 13.2.